The molecule has 2 aromatic heterocycles. The molecule has 2 amide bonds. The van der Waals surface area contributed by atoms with Crippen molar-refractivity contribution in [3.63, 3.8) is 0 Å². The number of imidazole rings is 1. The van der Waals surface area contributed by atoms with Gasteiger partial charge in [-0.05, 0) is 64.4 Å². The number of methoxy groups -OCH3 is 1. The predicted octanol–water partition coefficient (Wildman–Crippen LogP) is 4.97. The summed E-state index contributed by atoms with van der Waals surface area (Å²) in [6, 6.07) is 15.8. The fraction of sp³-hybridized carbons (Fsp3) is 0.433. The molecule has 1 N–H and O–H groups in total. The zero-order chi connectivity index (χ0) is 27.9. The van der Waals surface area contributed by atoms with E-state index in [4.69, 9.17) is 14.5 Å². The Morgan fingerprint density at radius 1 is 1.10 bits per heavy atom. The molecule has 4 aromatic rings. The Labute approximate surface area is 228 Å². The number of hydrogen-bond donors (Lipinski definition) is 1. The maximum absolute atomic E-state index is 13.6. The lowest BCUT2D eigenvalue weighted by Gasteiger charge is -2.38. The zero-order valence-corrected chi connectivity index (χ0v) is 23.5. The van der Waals surface area contributed by atoms with Crippen LogP contribution in [0.2, 0.25) is 0 Å². The van der Waals surface area contributed by atoms with Crippen molar-refractivity contribution in [1.29, 1.82) is 0 Å². The summed E-state index contributed by atoms with van der Waals surface area (Å²) in [4.78, 5) is 32.7. The average Bonchev–Trinajstić information content (AvgIpc) is 3.43. The van der Waals surface area contributed by atoms with Gasteiger partial charge in [-0.25, -0.2) is 9.78 Å². The summed E-state index contributed by atoms with van der Waals surface area (Å²) in [6.07, 6.45) is -0.108. The van der Waals surface area contributed by atoms with Crippen LogP contribution in [-0.4, -0.2) is 69.0 Å². The van der Waals surface area contributed by atoms with Crippen LogP contribution in [0.3, 0.4) is 0 Å². The van der Waals surface area contributed by atoms with E-state index in [1.807, 2.05) is 58.2 Å². The number of piperidine rings is 1. The molecule has 39 heavy (non-hydrogen) atoms. The van der Waals surface area contributed by atoms with E-state index >= 15 is 0 Å². The first-order valence-corrected chi connectivity index (χ1v) is 13.5. The Kier molecular flexibility index (Phi) is 7.11. The number of rotatable bonds is 5. The van der Waals surface area contributed by atoms with Gasteiger partial charge < -0.3 is 28.8 Å². The highest BCUT2D eigenvalue weighted by Crippen LogP contribution is 2.30. The maximum Gasteiger partial charge on any atom is 0.408 e. The molecular formula is C30H37N5O4. The lowest BCUT2D eigenvalue weighted by atomic mass is 10.0. The lowest BCUT2D eigenvalue weighted by molar-refractivity contribution is 0.00320. The second-order valence-electron chi connectivity index (χ2n) is 11.1. The molecular weight excluding hydrogens is 494 g/mol. The molecule has 0 radical (unpaired) electrons. The number of hydrogen-bond acceptors (Lipinski definition) is 5. The Balaban J connectivity index is 1.40. The molecule has 5 rings (SSSR count). The molecule has 0 unspecified atom stereocenters. The average molecular weight is 532 g/mol. The van der Waals surface area contributed by atoms with Gasteiger partial charge in [0.25, 0.3) is 5.91 Å². The first kappa shape index (κ1) is 26.7. The number of likely N-dealkylation sites (tertiary alicyclic amines) is 1. The second kappa shape index (κ2) is 10.4. The molecule has 2 aromatic carbocycles. The van der Waals surface area contributed by atoms with E-state index in [2.05, 4.69) is 39.6 Å². The summed E-state index contributed by atoms with van der Waals surface area (Å²) < 4.78 is 15.4. The Morgan fingerprint density at radius 3 is 2.59 bits per heavy atom. The van der Waals surface area contributed by atoms with Crippen molar-refractivity contribution < 1.29 is 19.1 Å². The third-order valence-electron chi connectivity index (χ3n) is 7.33. The molecule has 1 aliphatic heterocycles. The number of aromatic nitrogens is 3. The summed E-state index contributed by atoms with van der Waals surface area (Å²) in [5.74, 6) is 0.757. The molecule has 0 spiro atoms. The third kappa shape index (κ3) is 5.23. The third-order valence-corrected chi connectivity index (χ3v) is 7.33. The highest BCUT2D eigenvalue weighted by Gasteiger charge is 2.34. The number of benzene rings is 2. The fourth-order valence-corrected chi connectivity index (χ4v) is 5.48. The second-order valence-corrected chi connectivity index (χ2v) is 11.1. The van der Waals surface area contributed by atoms with E-state index in [0.29, 0.717) is 25.1 Å². The maximum atomic E-state index is 13.6. The van der Waals surface area contributed by atoms with Crippen LogP contribution in [0.25, 0.3) is 33.5 Å². The van der Waals surface area contributed by atoms with E-state index < -0.39 is 11.7 Å². The number of aryl methyl sites for hydroxylation is 2. The Bertz CT molecular complexity index is 1530. The molecule has 206 valence electrons. The summed E-state index contributed by atoms with van der Waals surface area (Å²) in [5, 5.41) is 4.07. The number of nitrogens with zero attached hydrogens (tertiary/aromatic N) is 4. The number of carbonyl (C=O) groups excluding carboxylic acids is 2. The van der Waals surface area contributed by atoms with Crippen molar-refractivity contribution in [3.05, 3.63) is 54.1 Å². The number of fused-ring (bicyclic) bond motifs is 2. The SMILES string of the molecule is CCn1c(-c2nc3cc(C(=O)N4CC[C@@H](OC)[C@H](NC(=O)OC(C)(C)C)C4)ccc3n2C)cc2ccccc21. The van der Waals surface area contributed by atoms with Gasteiger partial charge in [-0.3, -0.25) is 4.79 Å². The molecule has 9 nitrogen and oxygen atoms in total. The van der Waals surface area contributed by atoms with Gasteiger partial charge in [-0.15, -0.1) is 0 Å². The zero-order valence-electron chi connectivity index (χ0n) is 23.5. The fourth-order valence-electron chi connectivity index (χ4n) is 5.48. The van der Waals surface area contributed by atoms with Crippen LogP contribution in [0.1, 0.15) is 44.5 Å². The lowest BCUT2D eigenvalue weighted by Crippen LogP contribution is -2.57. The molecule has 1 saturated heterocycles. The predicted molar refractivity (Wildman–Crippen MR) is 152 cm³/mol. The van der Waals surface area contributed by atoms with Crippen LogP contribution >= 0.6 is 0 Å². The normalized spacial score (nSPS) is 18.1. The van der Waals surface area contributed by atoms with Crippen LogP contribution in [0.15, 0.2) is 48.5 Å². The smallest absolute Gasteiger partial charge is 0.408 e. The monoisotopic (exact) mass is 531 g/mol. The highest BCUT2D eigenvalue weighted by molar-refractivity contribution is 5.98. The van der Waals surface area contributed by atoms with Crippen molar-refractivity contribution in [2.75, 3.05) is 20.2 Å². The number of amides is 2. The van der Waals surface area contributed by atoms with Crippen LogP contribution < -0.4 is 5.32 Å². The van der Waals surface area contributed by atoms with Crippen LogP contribution in [0.5, 0.6) is 0 Å². The minimum atomic E-state index is -0.612. The van der Waals surface area contributed by atoms with Gasteiger partial charge in [0.2, 0.25) is 0 Å². The van der Waals surface area contributed by atoms with Gasteiger partial charge in [-0.2, -0.15) is 0 Å². The minimum absolute atomic E-state index is 0.0997. The molecule has 1 fully saturated rings. The van der Waals surface area contributed by atoms with Crippen molar-refractivity contribution >= 4 is 33.9 Å². The molecule has 0 aliphatic carbocycles. The Hall–Kier alpha value is -3.85. The standard InChI is InChI=1S/C30H37N5O4/c1-7-35-23-11-9-8-10-19(23)17-25(35)27-31-21-16-20(12-13-24(21)33(27)5)28(36)34-15-14-26(38-6)22(18-34)32-29(37)39-30(2,3)4/h8-13,16-17,22,26H,7,14-15,18H2,1-6H3,(H,32,37)/t22-,26-/m1/s1. The van der Waals surface area contributed by atoms with Gasteiger partial charge >= 0.3 is 6.09 Å². The first-order chi connectivity index (χ1) is 18.6. The van der Waals surface area contributed by atoms with Gasteiger partial charge in [0.15, 0.2) is 5.82 Å². The van der Waals surface area contributed by atoms with E-state index in [1.54, 1.807) is 12.0 Å². The van der Waals surface area contributed by atoms with Crippen molar-refractivity contribution in [2.24, 2.45) is 7.05 Å². The number of nitrogens with one attached hydrogen (secondary N) is 1. The highest BCUT2D eigenvalue weighted by atomic mass is 16.6. The quantitative estimate of drug-likeness (QED) is 0.393. The van der Waals surface area contributed by atoms with E-state index in [1.165, 1.54) is 10.9 Å². The molecule has 1 aliphatic rings. The van der Waals surface area contributed by atoms with Gasteiger partial charge in [0, 0.05) is 50.3 Å². The van der Waals surface area contributed by atoms with E-state index in [-0.39, 0.29) is 18.1 Å². The number of carbonyl (C=O) groups is 2. The van der Waals surface area contributed by atoms with Gasteiger partial charge in [0.1, 0.15) is 5.60 Å². The van der Waals surface area contributed by atoms with E-state index in [0.717, 1.165) is 29.1 Å². The van der Waals surface area contributed by atoms with E-state index in [9.17, 15) is 9.59 Å². The van der Waals surface area contributed by atoms with Crippen molar-refractivity contribution in [1.82, 2.24) is 24.3 Å². The molecule has 9 heteroatoms. The van der Waals surface area contributed by atoms with Crippen LogP contribution in [0, 0.1) is 0 Å². The van der Waals surface area contributed by atoms with Crippen LogP contribution in [0.4, 0.5) is 4.79 Å². The van der Waals surface area contributed by atoms with Crippen molar-refractivity contribution in [3.8, 4) is 11.5 Å². The summed E-state index contributed by atoms with van der Waals surface area (Å²) in [5.41, 5.74) is 3.89. The minimum Gasteiger partial charge on any atom is -0.444 e. The largest absolute Gasteiger partial charge is 0.444 e. The number of para-hydroxylation sites is 1. The molecule has 2 atom stereocenters. The summed E-state index contributed by atoms with van der Waals surface area (Å²) in [7, 11) is 3.63. The summed E-state index contributed by atoms with van der Waals surface area (Å²) in [6.45, 7) is 9.28. The van der Waals surface area contributed by atoms with Gasteiger partial charge in [0.05, 0.1) is 28.9 Å². The Morgan fingerprint density at radius 2 is 1.87 bits per heavy atom. The first-order valence-electron chi connectivity index (χ1n) is 13.5. The summed E-state index contributed by atoms with van der Waals surface area (Å²) >= 11 is 0. The molecule has 0 saturated carbocycles. The van der Waals surface area contributed by atoms with Crippen molar-refractivity contribution in [2.45, 2.75) is 58.4 Å². The topological polar surface area (TPSA) is 90.6 Å². The van der Waals surface area contributed by atoms with Gasteiger partial charge in [-0.1, -0.05) is 18.2 Å². The molecule has 3 heterocycles. The number of alkyl carbamates (subject to hydrolysis) is 1. The number of ether oxygens (including phenoxy) is 2. The van der Waals surface area contributed by atoms with Crippen LogP contribution in [-0.2, 0) is 23.1 Å². The molecule has 0 bridgehead atoms.